The van der Waals surface area contributed by atoms with E-state index in [1.807, 2.05) is 14.0 Å². The number of hydrogen-bond donors (Lipinski definition) is 2. The van der Waals surface area contributed by atoms with E-state index in [2.05, 4.69) is 46.1 Å². The molecule has 3 aromatic rings. The third-order valence-corrected chi connectivity index (χ3v) is 7.98. The highest BCUT2D eigenvalue weighted by Gasteiger charge is 2.30. The van der Waals surface area contributed by atoms with Gasteiger partial charge in [0.05, 0.1) is 35.2 Å². The second-order valence-electron chi connectivity index (χ2n) is 9.64. The summed E-state index contributed by atoms with van der Waals surface area (Å²) in [5.74, 6) is 0.120. The summed E-state index contributed by atoms with van der Waals surface area (Å²) >= 11 is 1.65. The fourth-order valence-corrected chi connectivity index (χ4v) is 5.81. The lowest BCUT2D eigenvalue weighted by atomic mass is 9.76. The maximum Gasteiger partial charge on any atom is 0.244 e. The molecule has 2 aliphatic rings. The number of ether oxygens (including phenoxy) is 1. The van der Waals surface area contributed by atoms with Gasteiger partial charge in [0.25, 0.3) is 0 Å². The highest BCUT2D eigenvalue weighted by molar-refractivity contribution is 7.23. The first-order chi connectivity index (χ1) is 14.8. The molecule has 3 aromatic heterocycles. The minimum absolute atomic E-state index is 0.120. The van der Waals surface area contributed by atoms with E-state index >= 15 is 0 Å². The van der Waals surface area contributed by atoms with E-state index in [0.29, 0.717) is 18.6 Å². The Morgan fingerprint density at radius 3 is 2.84 bits per heavy atom. The van der Waals surface area contributed by atoms with Crippen LogP contribution in [-0.4, -0.2) is 65.4 Å². The highest BCUT2D eigenvalue weighted by atomic mass is 32.1. The molecule has 0 radical (unpaired) electrons. The minimum Gasteiger partial charge on any atom is -0.379 e. The summed E-state index contributed by atoms with van der Waals surface area (Å²) < 4.78 is 6.56. The van der Waals surface area contributed by atoms with Crippen LogP contribution < -0.4 is 4.90 Å². The van der Waals surface area contributed by atoms with Crippen LogP contribution in [0.4, 0.5) is 5.00 Å². The standard InChI is InChI=1S/C23H31N5O2S/c1-14(28-7-9-30-10-8-28)22(29)27(4)20-12-16-19(31-20)11-17(24-16)21-15-5-6-23(2,3)13-18(15)25-26-21/h11-12,14,24H,5-10,13H2,1-4H3,(H,25,26)/t14-/m0/s1. The summed E-state index contributed by atoms with van der Waals surface area (Å²) in [6, 6.07) is 4.10. The van der Waals surface area contributed by atoms with Gasteiger partial charge in [-0.3, -0.25) is 14.8 Å². The van der Waals surface area contributed by atoms with Crippen molar-refractivity contribution >= 4 is 32.5 Å². The summed E-state index contributed by atoms with van der Waals surface area (Å²) in [6.45, 7) is 9.63. The maximum absolute atomic E-state index is 13.0. The van der Waals surface area contributed by atoms with Crippen molar-refractivity contribution in [3.05, 3.63) is 23.4 Å². The second kappa shape index (κ2) is 7.76. The number of carbonyl (C=O) groups is 1. The van der Waals surface area contributed by atoms with Crippen LogP contribution in [0.5, 0.6) is 0 Å². The number of H-pyrrole nitrogens is 2. The number of anilines is 1. The first-order valence-corrected chi connectivity index (χ1v) is 11.9. The van der Waals surface area contributed by atoms with Gasteiger partial charge in [-0.25, -0.2) is 0 Å². The molecule has 7 nitrogen and oxygen atoms in total. The molecule has 1 saturated heterocycles. The lowest BCUT2D eigenvalue weighted by Gasteiger charge is -2.33. The Morgan fingerprint density at radius 2 is 2.10 bits per heavy atom. The molecule has 2 N–H and O–H groups in total. The number of nitrogens with zero attached hydrogens (tertiary/aromatic N) is 3. The molecule has 31 heavy (non-hydrogen) atoms. The van der Waals surface area contributed by atoms with Crippen LogP contribution in [0.25, 0.3) is 21.6 Å². The summed E-state index contributed by atoms with van der Waals surface area (Å²) in [7, 11) is 1.87. The molecular weight excluding hydrogens is 410 g/mol. The number of amides is 1. The third kappa shape index (κ3) is 3.81. The van der Waals surface area contributed by atoms with Crippen LogP contribution in [-0.2, 0) is 22.4 Å². The van der Waals surface area contributed by atoms with Crippen molar-refractivity contribution in [2.24, 2.45) is 5.41 Å². The molecule has 1 atom stereocenters. The van der Waals surface area contributed by atoms with Gasteiger partial charge in [-0.1, -0.05) is 13.8 Å². The normalized spacial score (nSPS) is 20.0. The van der Waals surface area contributed by atoms with Gasteiger partial charge < -0.3 is 14.6 Å². The fourth-order valence-electron chi connectivity index (χ4n) is 4.78. The van der Waals surface area contributed by atoms with E-state index in [1.54, 1.807) is 16.2 Å². The van der Waals surface area contributed by atoms with E-state index in [1.165, 1.54) is 17.7 Å². The molecule has 4 heterocycles. The van der Waals surface area contributed by atoms with Crippen molar-refractivity contribution < 1.29 is 9.53 Å². The first-order valence-electron chi connectivity index (χ1n) is 11.1. The predicted octanol–water partition coefficient (Wildman–Crippen LogP) is 3.82. The molecule has 0 aromatic carbocycles. The molecule has 1 amide bonds. The maximum atomic E-state index is 13.0. The van der Waals surface area contributed by atoms with Crippen LogP contribution >= 0.6 is 11.3 Å². The number of hydrogen-bond acceptors (Lipinski definition) is 5. The molecule has 1 aliphatic carbocycles. The zero-order chi connectivity index (χ0) is 21.8. The summed E-state index contributed by atoms with van der Waals surface area (Å²) in [4.78, 5) is 20.6. The Kier molecular flexibility index (Phi) is 5.19. The minimum atomic E-state index is -0.148. The third-order valence-electron chi connectivity index (χ3n) is 6.82. The van der Waals surface area contributed by atoms with Gasteiger partial charge >= 0.3 is 0 Å². The molecule has 0 unspecified atom stereocenters. The number of nitrogens with one attached hydrogen (secondary N) is 2. The van der Waals surface area contributed by atoms with Gasteiger partial charge in [-0.15, -0.1) is 11.3 Å². The zero-order valence-corrected chi connectivity index (χ0v) is 19.6. The number of likely N-dealkylation sites (N-methyl/N-ethyl adjacent to an activating group) is 1. The number of morpholine rings is 1. The fraction of sp³-hybridized carbons (Fsp3) is 0.565. The lowest BCUT2D eigenvalue weighted by molar-refractivity contribution is -0.124. The van der Waals surface area contributed by atoms with Crippen molar-refractivity contribution in [1.29, 1.82) is 0 Å². The zero-order valence-electron chi connectivity index (χ0n) is 18.7. The molecule has 1 fully saturated rings. The summed E-state index contributed by atoms with van der Waals surface area (Å²) in [5, 5.41) is 8.87. The first kappa shape index (κ1) is 20.7. The van der Waals surface area contributed by atoms with E-state index in [-0.39, 0.29) is 11.9 Å². The largest absolute Gasteiger partial charge is 0.379 e. The van der Waals surface area contributed by atoms with Gasteiger partial charge in [-0.05, 0) is 43.7 Å². The van der Waals surface area contributed by atoms with Gasteiger partial charge in [0.2, 0.25) is 5.91 Å². The Morgan fingerprint density at radius 1 is 1.32 bits per heavy atom. The van der Waals surface area contributed by atoms with Crippen LogP contribution in [0.1, 0.15) is 38.4 Å². The second-order valence-corrected chi connectivity index (χ2v) is 10.7. The number of carbonyl (C=O) groups excluding carboxylic acids is 1. The molecule has 1 aliphatic heterocycles. The van der Waals surface area contributed by atoms with Crippen LogP contribution in [0.3, 0.4) is 0 Å². The van der Waals surface area contributed by atoms with Crippen molar-refractivity contribution in [2.45, 2.75) is 46.1 Å². The average Bonchev–Trinajstić information content (AvgIpc) is 3.44. The number of aromatic amines is 2. The molecule has 8 heteroatoms. The predicted molar refractivity (Wildman–Crippen MR) is 125 cm³/mol. The van der Waals surface area contributed by atoms with Crippen molar-refractivity contribution in [3.8, 4) is 11.4 Å². The van der Waals surface area contributed by atoms with Crippen LogP contribution in [0.15, 0.2) is 12.1 Å². The van der Waals surface area contributed by atoms with Crippen molar-refractivity contribution in [1.82, 2.24) is 20.1 Å². The van der Waals surface area contributed by atoms with Gasteiger partial charge in [0, 0.05) is 31.4 Å². The summed E-state index contributed by atoms with van der Waals surface area (Å²) in [6.07, 6.45) is 3.28. The average molecular weight is 442 g/mol. The van der Waals surface area contributed by atoms with Crippen LogP contribution in [0, 0.1) is 5.41 Å². The Bertz CT molecular complexity index is 1070. The number of thiophene rings is 1. The SMILES string of the molecule is C[C@@H](C(=O)N(C)c1cc2[nH]c(-c3n[nH]c4c3CCC(C)(C)C4)cc2s1)N1CCOCC1. The number of fused-ring (bicyclic) bond motifs is 2. The molecular formula is C23H31N5O2S. The van der Waals surface area contributed by atoms with E-state index < -0.39 is 0 Å². The summed E-state index contributed by atoms with van der Waals surface area (Å²) in [5.41, 5.74) is 6.10. The van der Waals surface area contributed by atoms with Crippen LogP contribution in [0.2, 0.25) is 0 Å². The van der Waals surface area contributed by atoms with Gasteiger partial charge in [0.1, 0.15) is 10.7 Å². The topological polar surface area (TPSA) is 77.2 Å². The van der Waals surface area contributed by atoms with E-state index in [9.17, 15) is 4.79 Å². The molecule has 0 bridgehead atoms. The van der Waals surface area contributed by atoms with Crippen molar-refractivity contribution in [2.75, 3.05) is 38.3 Å². The van der Waals surface area contributed by atoms with Crippen molar-refractivity contribution in [3.63, 3.8) is 0 Å². The molecule has 0 spiro atoms. The quantitative estimate of drug-likeness (QED) is 0.645. The smallest absolute Gasteiger partial charge is 0.244 e. The Balaban J connectivity index is 1.35. The Hall–Kier alpha value is -2.16. The highest BCUT2D eigenvalue weighted by Crippen LogP contribution is 2.40. The van der Waals surface area contributed by atoms with E-state index in [0.717, 1.165) is 52.5 Å². The molecule has 5 rings (SSSR count). The number of rotatable bonds is 4. The number of aromatic nitrogens is 3. The molecule has 0 saturated carbocycles. The van der Waals surface area contributed by atoms with Gasteiger partial charge in [-0.2, -0.15) is 5.10 Å². The van der Waals surface area contributed by atoms with Gasteiger partial charge in [0.15, 0.2) is 0 Å². The Labute approximate surface area is 186 Å². The molecule has 166 valence electrons. The van der Waals surface area contributed by atoms with E-state index in [4.69, 9.17) is 4.74 Å². The lowest BCUT2D eigenvalue weighted by Crippen LogP contribution is -2.50. The monoisotopic (exact) mass is 441 g/mol.